The molecule has 0 radical (unpaired) electrons. The van der Waals surface area contributed by atoms with Gasteiger partial charge in [0.2, 0.25) is 10.0 Å². The van der Waals surface area contributed by atoms with Crippen LogP contribution in [0.5, 0.6) is 5.75 Å². The Hall–Kier alpha value is -1.76. The second kappa shape index (κ2) is 6.60. The summed E-state index contributed by atoms with van der Waals surface area (Å²) in [4.78, 5) is 11.2. The van der Waals surface area contributed by atoms with Gasteiger partial charge in [-0.2, -0.15) is 0 Å². The number of hydrogen-bond acceptors (Lipinski definition) is 5. The predicted octanol–water partition coefficient (Wildman–Crippen LogP) is 1.70. The lowest BCUT2D eigenvalue weighted by Gasteiger charge is -2.12. The van der Waals surface area contributed by atoms with Crippen LogP contribution in [0.1, 0.15) is 24.5 Å². The summed E-state index contributed by atoms with van der Waals surface area (Å²) in [7, 11) is -3.71. The first-order valence-electron chi connectivity index (χ1n) is 6.21. The maximum absolute atomic E-state index is 11.9. The van der Waals surface area contributed by atoms with Crippen LogP contribution < -0.4 is 4.72 Å². The van der Waals surface area contributed by atoms with Crippen LogP contribution in [0.3, 0.4) is 0 Å². The number of sulfonamides is 1. The monoisotopic (exact) mass is 301 g/mol. The fraction of sp³-hybridized carbons (Fsp3) is 0.462. The van der Waals surface area contributed by atoms with Gasteiger partial charge in [0.25, 0.3) is 0 Å². The highest BCUT2D eigenvalue weighted by Gasteiger charge is 2.16. The average Bonchev–Trinajstić information content (AvgIpc) is 2.33. The summed E-state index contributed by atoms with van der Waals surface area (Å²) >= 11 is 0. The number of rotatable bonds is 6. The van der Waals surface area contributed by atoms with Gasteiger partial charge in [-0.25, -0.2) is 8.42 Å². The molecule has 1 rings (SSSR count). The molecule has 1 aromatic rings. The quantitative estimate of drug-likeness (QED) is 0.616. The van der Waals surface area contributed by atoms with Gasteiger partial charge in [-0.3, -0.25) is 9.52 Å². The third kappa shape index (κ3) is 4.73. The molecule has 0 aliphatic rings. The molecule has 0 saturated heterocycles. The number of carbonyl (C=O) groups excluding carboxylic acids is 1. The van der Waals surface area contributed by atoms with E-state index in [9.17, 15) is 18.3 Å². The molecule has 2 N–H and O–H groups in total. The highest BCUT2D eigenvalue weighted by atomic mass is 32.2. The van der Waals surface area contributed by atoms with Gasteiger partial charge in [0.15, 0.2) is 0 Å². The van der Waals surface area contributed by atoms with Gasteiger partial charge in [0, 0.05) is 0 Å². The van der Waals surface area contributed by atoms with Crippen LogP contribution in [0.4, 0.5) is 5.69 Å². The van der Waals surface area contributed by atoms with Crippen molar-refractivity contribution in [2.75, 3.05) is 17.1 Å². The van der Waals surface area contributed by atoms with Crippen LogP contribution in [-0.2, 0) is 19.6 Å². The zero-order valence-electron chi connectivity index (χ0n) is 11.8. The molecule has 0 aliphatic heterocycles. The van der Waals surface area contributed by atoms with Crippen molar-refractivity contribution in [3.63, 3.8) is 0 Å². The minimum absolute atomic E-state index is 0.115. The molecule has 0 heterocycles. The van der Waals surface area contributed by atoms with Gasteiger partial charge in [-0.1, -0.05) is 6.07 Å². The van der Waals surface area contributed by atoms with Crippen molar-refractivity contribution in [1.82, 2.24) is 0 Å². The molecule has 0 unspecified atom stereocenters. The smallest absolute Gasteiger partial charge is 0.306 e. The van der Waals surface area contributed by atoms with Crippen molar-refractivity contribution in [1.29, 1.82) is 0 Å². The number of phenolic OH excluding ortho intramolecular Hbond substituents is 1. The number of nitrogens with one attached hydrogen (secondary N) is 1. The van der Waals surface area contributed by atoms with Crippen LogP contribution in [0.15, 0.2) is 12.1 Å². The standard InChI is InChI=1S/C13H19NO5S/c1-4-19-12(15)5-6-20(17,18)14-11-8-9(2)7-10(3)13(11)16/h7-8,14,16H,4-6H2,1-3H3. The van der Waals surface area contributed by atoms with Crippen molar-refractivity contribution in [2.24, 2.45) is 0 Å². The lowest BCUT2D eigenvalue weighted by Crippen LogP contribution is -2.20. The van der Waals surface area contributed by atoms with E-state index in [1.54, 1.807) is 26.8 Å². The van der Waals surface area contributed by atoms with Gasteiger partial charge in [0.1, 0.15) is 5.75 Å². The lowest BCUT2D eigenvalue weighted by molar-refractivity contribution is -0.142. The normalized spacial score (nSPS) is 11.2. The number of carbonyl (C=O) groups is 1. The minimum Gasteiger partial charge on any atom is -0.505 e. The molecule has 1 aromatic carbocycles. The number of benzene rings is 1. The molecule has 0 spiro atoms. The molecular weight excluding hydrogens is 282 g/mol. The van der Waals surface area contributed by atoms with Crippen LogP contribution in [0.25, 0.3) is 0 Å². The number of ether oxygens (including phenoxy) is 1. The van der Waals surface area contributed by atoms with E-state index in [1.165, 1.54) is 6.07 Å². The molecule has 0 amide bonds. The van der Waals surface area contributed by atoms with Crippen LogP contribution >= 0.6 is 0 Å². The summed E-state index contributed by atoms with van der Waals surface area (Å²) in [6.45, 7) is 5.34. The topological polar surface area (TPSA) is 92.7 Å². The fourth-order valence-electron chi connectivity index (χ4n) is 1.71. The third-order valence-corrected chi connectivity index (χ3v) is 3.86. The zero-order chi connectivity index (χ0) is 15.3. The summed E-state index contributed by atoms with van der Waals surface area (Å²) < 4.78 is 30.7. The van der Waals surface area contributed by atoms with E-state index < -0.39 is 21.7 Å². The summed E-state index contributed by atoms with van der Waals surface area (Å²) in [5.41, 5.74) is 1.52. The first kappa shape index (κ1) is 16.3. The van der Waals surface area contributed by atoms with Crippen molar-refractivity contribution >= 4 is 21.7 Å². The SMILES string of the molecule is CCOC(=O)CCS(=O)(=O)Nc1cc(C)cc(C)c1O. The highest BCUT2D eigenvalue weighted by Crippen LogP contribution is 2.29. The van der Waals surface area contributed by atoms with Crippen molar-refractivity contribution < 1.29 is 23.1 Å². The van der Waals surface area contributed by atoms with Gasteiger partial charge in [-0.05, 0) is 38.0 Å². The van der Waals surface area contributed by atoms with Crippen LogP contribution in [0.2, 0.25) is 0 Å². The zero-order valence-corrected chi connectivity index (χ0v) is 12.6. The summed E-state index contributed by atoms with van der Waals surface area (Å²) in [5, 5.41) is 9.83. The van der Waals surface area contributed by atoms with Gasteiger partial charge < -0.3 is 9.84 Å². The summed E-state index contributed by atoms with van der Waals surface area (Å²) in [6, 6.07) is 3.27. The highest BCUT2D eigenvalue weighted by molar-refractivity contribution is 7.92. The molecule has 6 nitrogen and oxygen atoms in total. The molecular formula is C13H19NO5S. The van der Waals surface area contributed by atoms with Gasteiger partial charge in [0.05, 0.1) is 24.5 Å². The molecule has 0 fully saturated rings. The van der Waals surface area contributed by atoms with E-state index in [1.807, 2.05) is 0 Å². The van der Waals surface area contributed by atoms with Crippen LogP contribution in [-0.4, -0.2) is 31.9 Å². The Bertz CT molecular complexity index is 595. The van der Waals surface area contributed by atoms with E-state index in [-0.39, 0.29) is 24.5 Å². The third-order valence-electron chi connectivity index (χ3n) is 2.59. The molecule has 20 heavy (non-hydrogen) atoms. The van der Waals surface area contributed by atoms with Gasteiger partial charge >= 0.3 is 5.97 Å². The number of hydrogen-bond donors (Lipinski definition) is 2. The van der Waals surface area contributed by atoms with E-state index in [4.69, 9.17) is 0 Å². The number of phenols is 1. The number of aromatic hydroxyl groups is 1. The molecule has 0 aromatic heterocycles. The second-order valence-corrected chi connectivity index (χ2v) is 6.30. The fourth-order valence-corrected chi connectivity index (χ4v) is 2.74. The molecule has 112 valence electrons. The van der Waals surface area contributed by atoms with Gasteiger partial charge in [-0.15, -0.1) is 0 Å². The molecule has 0 atom stereocenters. The maximum atomic E-state index is 11.9. The maximum Gasteiger partial charge on any atom is 0.306 e. The van der Waals surface area contributed by atoms with E-state index >= 15 is 0 Å². The van der Waals surface area contributed by atoms with Crippen LogP contribution in [0, 0.1) is 13.8 Å². The first-order chi connectivity index (χ1) is 9.25. The molecule has 0 bridgehead atoms. The van der Waals surface area contributed by atoms with Crippen molar-refractivity contribution in [3.8, 4) is 5.75 Å². The predicted molar refractivity (Wildman–Crippen MR) is 76.2 cm³/mol. The lowest BCUT2D eigenvalue weighted by atomic mass is 10.1. The molecule has 7 heteroatoms. The number of esters is 1. The Kier molecular flexibility index (Phi) is 5.38. The number of aryl methyl sites for hydroxylation is 2. The summed E-state index contributed by atoms with van der Waals surface area (Å²) in [6.07, 6.45) is -0.227. The largest absolute Gasteiger partial charge is 0.505 e. The van der Waals surface area contributed by atoms with E-state index in [0.29, 0.717) is 5.56 Å². The van der Waals surface area contributed by atoms with Crippen molar-refractivity contribution in [3.05, 3.63) is 23.3 Å². The Morgan fingerprint density at radius 3 is 2.60 bits per heavy atom. The Labute approximate surface area is 118 Å². The minimum atomic E-state index is -3.71. The second-order valence-electron chi connectivity index (χ2n) is 4.45. The Morgan fingerprint density at radius 1 is 1.35 bits per heavy atom. The molecule has 0 aliphatic carbocycles. The summed E-state index contributed by atoms with van der Waals surface area (Å²) in [5.74, 6) is -1.07. The molecule has 0 saturated carbocycles. The van der Waals surface area contributed by atoms with Crippen molar-refractivity contribution in [2.45, 2.75) is 27.2 Å². The first-order valence-corrected chi connectivity index (χ1v) is 7.86. The Balaban J connectivity index is 2.79. The van der Waals surface area contributed by atoms with E-state index in [2.05, 4.69) is 9.46 Å². The van der Waals surface area contributed by atoms with E-state index in [0.717, 1.165) is 5.56 Å². The average molecular weight is 301 g/mol. The number of anilines is 1. The Morgan fingerprint density at radius 2 is 2.00 bits per heavy atom.